The van der Waals surface area contributed by atoms with Gasteiger partial charge < -0.3 is 10.6 Å². The molecule has 0 aliphatic heterocycles. The monoisotopic (exact) mass is 382 g/mol. The highest BCUT2D eigenvalue weighted by molar-refractivity contribution is 6.06. The Morgan fingerprint density at radius 2 is 1.82 bits per heavy atom. The third kappa shape index (κ3) is 6.08. The van der Waals surface area contributed by atoms with E-state index in [-0.39, 0.29) is 17.5 Å². The molecule has 1 aromatic carbocycles. The van der Waals surface area contributed by atoms with Gasteiger partial charge in [-0.15, -0.1) is 0 Å². The zero-order chi connectivity index (χ0) is 20.7. The number of rotatable bonds is 8. The largest absolute Gasteiger partial charge is 0.350 e. The molecule has 0 aliphatic rings. The van der Waals surface area contributed by atoms with Crippen LogP contribution in [0.5, 0.6) is 0 Å². The fraction of sp³-hybridized carbons (Fsp3) is 0.409. The molecule has 0 bridgehead atoms. The summed E-state index contributed by atoms with van der Waals surface area (Å²) in [4.78, 5) is 24.7. The fourth-order valence-electron chi connectivity index (χ4n) is 2.56. The van der Waals surface area contributed by atoms with Crippen LogP contribution in [0.15, 0.2) is 36.5 Å². The number of amides is 2. The van der Waals surface area contributed by atoms with Crippen LogP contribution in [0.2, 0.25) is 0 Å². The van der Waals surface area contributed by atoms with Crippen LogP contribution in [0.3, 0.4) is 0 Å². The maximum Gasteiger partial charge on any atom is 0.273 e. The summed E-state index contributed by atoms with van der Waals surface area (Å²) < 4.78 is 1.63. The molecular formula is C22H30N4O2. The number of carbonyl (C=O) groups excluding carboxylic acids is 2. The summed E-state index contributed by atoms with van der Waals surface area (Å²) in [5.41, 5.74) is 2.84. The minimum Gasteiger partial charge on any atom is -0.350 e. The molecule has 2 aromatic rings. The zero-order valence-corrected chi connectivity index (χ0v) is 17.3. The lowest BCUT2D eigenvalue weighted by atomic mass is 10.0. The van der Waals surface area contributed by atoms with E-state index in [1.807, 2.05) is 32.9 Å². The van der Waals surface area contributed by atoms with Gasteiger partial charge >= 0.3 is 0 Å². The number of benzene rings is 1. The van der Waals surface area contributed by atoms with Gasteiger partial charge in [0.15, 0.2) is 5.69 Å². The Morgan fingerprint density at radius 3 is 2.39 bits per heavy atom. The predicted octanol–water partition coefficient (Wildman–Crippen LogP) is 4.06. The second-order valence-corrected chi connectivity index (χ2v) is 7.49. The maximum absolute atomic E-state index is 12.4. The van der Waals surface area contributed by atoms with Crippen molar-refractivity contribution in [1.82, 2.24) is 15.1 Å². The van der Waals surface area contributed by atoms with Gasteiger partial charge in [-0.25, -0.2) is 0 Å². The van der Waals surface area contributed by atoms with Gasteiger partial charge in [-0.3, -0.25) is 14.3 Å². The highest BCUT2D eigenvalue weighted by Crippen LogP contribution is 2.16. The lowest BCUT2D eigenvalue weighted by Crippen LogP contribution is -2.28. The van der Waals surface area contributed by atoms with Crippen LogP contribution < -0.4 is 10.6 Å². The number of carbonyl (C=O) groups is 2. The van der Waals surface area contributed by atoms with Gasteiger partial charge in [-0.2, -0.15) is 5.10 Å². The van der Waals surface area contributed by atoms with Gasteiger partial charge in [-0.1, -0.05) is 52.0 Å². The number of aryl methyl sites for hydroxylation is 1. The highest BCUT2D eigenvalue weighted by Gasteiger charge is 2.18. The minimum absolute atomic E-state index is 0.227. The Morgan fingerprint density at radius 1 is 1.14 bits per heavy atom. The molecule has 2 rings (SSSR count). The van der Waals surface area contributed by atoms with Crippen molar-refractivity contribution in [3.63, 3.8) is 0 Å². The van der Waals surface area contributed by atoms with Gasteiger partial charge in [0.05, 0.1) is 5.69 Å². The average molecular weight is 383 g/mol. The van der Waals surface area contributed by atoms with Gasteiger partial charge in [-0.05, 0) is 36.0 Å². The van der Waals surface area contributed by atoms with Crippen molar-refractivity contribution in [3.8, 4) is 0 Å². The molecule has 6 nitrogen and oxygen atoms in total. The van der Waals surface area contributed by atoms with Crippen LogP contribution in [-0.2, 0) is 11.3 Å². The quantitative estimate of drug-likeness (QED) is 0.676. The van der Waals surface area contributed by atoms with E-state index in [0.29, 0.717) is 30.6 Å². The Balaban J connectivity index is 2.08. The third-order valence-electron chi connectivity index (χ3n) is 4.26. The van der Waals surface area contributed by atoms with Crippen LogP contribution in [0, 0.1) is 5.92 Å². The minimum atomic E-state index is -0.304. The van der Waals surface area contributed by atoms with Crippen LogP contribution in [0.25, 0.3) is 6.08 Å². The number of hydrogen-bond acceptors (Lipinski definition) is 3. The number of anilines is 1. The molecule has 0 spiro atoms. The van der Waals surface area contributed by atoms with E-state index < -0.39 is 0 Å². The van der Waals surface area contributed by atoms with E-state index >= 15 is 0 Å². The molecule has 1 aromatic heterocycles. The molecular weight excluding hydrogens is 352 g/mol. The van der Waals surface area contributed by atoms with Crippen molar-refractivity contribution in [2.24, 2.45) is 5.92 Å². The topological polar surface area (TPSA) is 76.0 Å². The van der Waals surface area contributed by atoms with Crippen LogP contribution >= 0.6 is 0 Å². The van der Waals surface area contributed by atoms with E-state index in [2.05, 4.69) is 41.7 Å². The molecule has 0 saturated heterocycles. The second kappa shape index (κ2) is 9.88. The Labute approximate surface area is 167 Å². The summed E-state index contributed by atoms with van der Waals surface area (Å²) in [5.74, 6) is 0.211. The van der Waals surface area contributed by atoms with E-state index in [1.54, 1.807) is 17.0 Å². The Bertz CT molecular complexity index is 833. The summed E-state index contributed by atoms with van der Waals surface area (Å²) >= 11 is 0. The van der Waals surface area contributed by atoms with Crippen LogP contribution in [0.4, 0.5) is 5.69 Å². The molecule has 0 aliphatic carbocycles. The Kier molecular flexibility index (Phi) is 7.55. The molecule has 0 radical (unpaired) electrons. The summed E-state index contributed by atoms with van der Waals surface area (Å²) in [7, 11) is 0. The Hall–Kier alpha value is -2.89. The molecule has 28 heavy (non-hydrogen) atoms. The van der Waals surface area contributed by atoms with Crippen molar-refractivity contribution in [2.75, 3.05) is 11.9 Å². The summed E-state index contributed by atoms with van der Waals surface area (Å²) in [6.45, 7) is 11.4. The maximum atomic E-state index is 12.4. The van der Waals surface area contributed by atoms with E-state index in [1.165, 1.54) is 11.6 Å². The fourth-order valence-corrected chi connectivity index (χ4v) is 2.56. The van der Waals surface area contributed by atoms with E-state index in [4.69, 9.17) is 0 Å². The van der Waals surface area contributed by atoms with Crippen LogP contribution in [-0.4, -0.2) is 28.1 Å². The van der Waals surface area contributed by atoms with Crippen molar-refractivity contribution >= 4 is 23.6 Å². The van der Waals surface area contributed by atoms with Gasteiger partial charge in [0.2, 0.25) is 5.91 Å². The molecule has 6 heteroatoms. The van der Waals surface area contributed by atoms with Gasteiger partial charge in [0.25, 0.3) is 5.91 Å². The van der Waals surface area contributed by atoms with E-state index in [9.17, 15) is 9.59 Å². The number of nitrogens with one attached hydrogen (secondary N) is 2. The van der Waals surface area contributed by atoms with E-state index in [0.717, 1.165) is 5.56 Å². The molecule has 0 atom stereocenters. The summed E-state index contributed by atoms with van der Waals surface area (Å²) in [5, 5.41) is 9.87. The number of hydrogen-bond donors (Lipinski definition) is 2. The first-order valence-electron chi connectivity index (χ1n) is 9.74. The first-order chi connectivity index (χ1) is 13.3. The normalized spacial score (nSPS) is 11.4. The third-order valence-corrected chi connectivity index (χ3v) is 4.26. The summed E-state index contributed by atoms with van der Waals surface area (Å²) in [6, 6.07) is 8.09. The predicted molar refractivity (Wildman–Crippen MR) is 113 cm³/mol. The molecule has 2 amide bonds. The molecule has 2 N–H and O–H groups in total. The first kappa shape index (κ1) is 21.4. The molecule has 0 fully saturated rings. The van der Waals surface area contributed by atoms with Crippen molar-refractivity contribution in [2.45, 2.75) is 47.1 Å². The van der Waals surface area contributed by atoms with Gasteiger partial charge in [0, 0.05) is 25.4 Å². The first-order valence-corrected chi connectivity index (χ1v) is 9.74. The van der Waals surface area contributed by atoms with Crippen molar-refractivity contribution in [3.05, 3.63) is 53.4 Å². The van der Waals surface area contributed by atoms with Crippen molar-refractivity contribution < 1.29 is 9.59 Å². The SMILES string of the molecule is CCn1cc(NC(=O)/C=C/c2ccc(C(C)C)cc2)c(C(=O)NCC(C)C)n1. The van der Waals surface area contributed by atoms with Crippen molar-refractivity contribution in [1.29, 1.82) is 0 Å². The average Bonchev–Trinajstić information content (AvgIpc) is 3.07. The molecule has 150 valence electrons. The highest BCUT2D eigenvalue weighted by atomic mass is 16.2. The van der Waals surface area contributed by atoms with Gasteiger partial charge in [0.1, 0.15) is 0 Å². The summed E-state index contributed by atoms with van der Waals surface area (Å²) in [6.07, 6.45) is 4.89. The number of nitrogens with zero attached hydrogens (tertiary/aromatic N) is 2. The lowest BCUT2D eigenvalue weighted by Gasteiger charge is -2.07. The zero-order valence-electron chi connectivity index (χ0n) is 17.3. The lowest BCUT2D eigenvalue weighted by molar-refractivity contribution is -0.111. The molecule has 1 heterocycles. The molecule has 0 unspecified atom stereocenters. The standard InChI is InChI=1S/C22H30N4O2/c1-6-26-14-19(21(25-26)22(28)23-13-15(2)3)24-20(27)12-9-17-7-10-18(11-8-17)16(4)5/h7-12,14-16H,6,13H2,1-5H3,(H,23,28)(H,24,27)/b12-9+. The smallest absolute Gasteiger partial charge is 0.273 e. The second-order valence-electron chi connectivity index (χ2n) is 7.49. The number of aromatic nitrogens is 2. The van der Waals surface area contributed by atoms with Crippen LogP contribution in [0.1, 0.15) is 62.2 Å². The molecule has 0 saturated carbocycles.